The minimum absolute atomic E-state index is 0.0857. The van der Waals surface area contributed by atoms with Crippen molar-refractivity contribution in [3.05, 3.63) is 51.9 Å². The van der Waals surface area contributed by atoms with Crippen molar-refractivity contribution in [1.82, 2.24) is 4.57 Å². The van der Waals surface area contributed by atoms with E-state index >= 15 is 0 Å². The molecule has 0 aliphatic rings. The Morgan fingerprint density at radius 2 is 2.42 bits per heavy atom. The van der Waals surface area contributed by atoms with Crippen LogP contribution in [0.2, 0.25) is 0 Å². The molecule has 1 aromatic heterocycles. The average Bonchev–Trinajstić information content (AvgIpc) is 2.08. The van der Waals surface area contributed by atoms with E-state index in [1.54, 1.807) is 25.4 Å². The maximum Gasteiger partial charge on any atom is 0.256 e. The predicted octanol–water partition coefficient (Wildman–Crippen LogP) is 1.28. The Labute approximate surface area is 70.4 Å². The van der Waals surface area contributed by atoms with Crippen molar-refractivity contribution in [3.8, 4) is 0 Å². The lowest BCUT2D eigenvalue weighted by atomic mass is 10.3. The van der Waals surface area contributed by atoms with E-state index in [9.17, 15) is 4.79 Å². The molecule has 0 saturated heterocycles. The zero-order chi connectivity index (χ0) is 8.97. The molecule has 1 heterocycles. The number of nitrogens with zero attached hydrogens (tertiary/aromatic N) is 2. The van der Waals surface area contributed by atoms with Gasteiger partial charge in [-0.1, -0.05) is 6.08 Å². The van der Waals surface area contributed by atoms with Crippen molar-refractivity contribution in [1.29, 1.82) is 0 Å². The number of rotatable bonds is 1. The SMILES string of the molecule is [C-]#[N+]/C=C\c1cccn(C)c1=O. The molecule has 0 bridgehead atoms. The molecular formula is C9H8N2O. The average molecular weight is 160 g/mol. The van der Waals surface area contributed by atoms with Crippen LogP contribution in [0.15, 0.2) is 29.3 Å². The van der Waals surface area contributed by atoms with Gasteiger partial charge in [-0.2, -0.15) is 0 Å². The summed E-state index contributed by atoms with van der Waals surface area (Å²) >= 11 is 0. The summed E-state index contributed by atoms with van der Waals surface area (Å²) in [5, 5.41) is 0. The zero-order valence-corrected chi connectivity index (χ0v) is 6.69. The van der Waals surface area contributed by atoms with Gasteiger partial charge in [0.2, 0.25) is 0 Å². The van der Waals surface area contributed by atoms with Crippen molar-refractivity contribution in [2.75, 3.05) is 0 Å². The third-order valence-corrected chi connectivity index (χ3v) is 1.48. The predicted molar refractivity (Wildman–Crippen MR) is 47.3 cm³/mol. The lowest BCUT2D eigenvalue weighted by Crippen LogP contribution is -2.17. The first-order chi connectivity index (χ1) is 5.75. The van der Waals surface area contributed by atoms with E-state index in [4.69, 9.17) is 6.57 Å². The summed E-state index contributed by atoms with van der Waals surface area (Å²) in [6, 6.07) is 3.45. The molecule has 0 amide bonds. The lowest BCUT2D eigenvalue weighted by molar-refractivity contribution is 0.857. The summed E-state index contributed by atoms with van der Waals surface area (Å²) in [6.45, 7) is 6.51. The van der Waals surface area contributed by atoms with Crippen molar-refractivity contribution in [3.63, 3.8) is 0 Å². The van der Waals surface area contributed by atoms with Gasteiger partial charge < -0.3 is 4.57 Å². The Morgan fingerprint density at radius 1 is 1.67 bits per heavy atom. The third-order valence-electron chi connectivity index (χ3n) is 1.48. The molecular weight excluding hydrogens is 152 g/mol. The van der Waals surface area contributed by atoms with Gasteiger partial charge in [-0.15, -0.1) is 0 Å². The zero-order valence-electron chi connectivity index (χ0n) is 6.69. The summed E-state index contributed by atoms with van der Waals surface area (Å²) in [7, 11) is 1.68. The van der Waals surface area contributed by atoms with E-state index in [1.165, 1.54) is 16.8 Å². The molecule has 0 fully saturated rings. The lowest BCUT2D eigenvalue weighted by Gasteiger charge is -1.96. The molecule has 12 heavy (non-hydrogen) atoms. The minimum atomic E-state index is -0.0857. The molecule has 0 aliphatic heterocycles. The highest BCUT2D eigenvalue weighted by molar-refractivity contribution is 5.48. The van der Waals surface area contributed by atoms with Crippen LogP contribution in [-0.2, 0) is 7.05 Å². The molecule has 60 valence electrons. The number of aromatic nitrogens is 1. The fourth-order valence-electron chi connectivity index (χ4n) is 0.863. The second kappa shape index (κ2) is 3.54. The smallest absolute Gasteiger partial charge is 0.256 e. The molecule has 0 saturated carbocycles. The Bertz CT molecular complexity index is 396. The summed E-state index contributed by atoms with van der Waals surface area (Å²) in [5.74, 6) is 0. The van der Waals surface area contributed by atoms with Gasteiger partial charge in [0.05, 0.1) is 6.57 Å². The number of hydrogen-bond acceptors (Lipinski definition) is 1. The Hall–Kier alpha value is -1.82. The van der Waals surface area contributed by atoms with E-state index in [0.717, 1.165) is 0 Å². The highest BCUT2D eigenvalue weighted by Gasteiger charge is 1.93. The largest absolute Gasteiger partial charge is 0.318 e. The molecule has 0 atom stereocenters. The van der Waals surface area contributed by atoms with Gasteiger partial charge in [0.15, 0.2) is 6.20 Å². The second-order valence-electron chi connectivity index (χ2n) is 2.32. The summed E-state index contributed by atoms with van der Waals surface area (Å²) in [6.07, 6.45) is 4.46. The van der Waals surface area contributed by atoms with E-state index in [2.05, 4.69) is 4.85 Å². The third kappa shape index (κ3) is 1.61. The fourth-order valence-corrected chi connectivity index (χ4v) is 0.863. The van der Waals surface area contributed by atoms with Crippen molar-refractivity contribution in [2.45, 2.75) is 0 Å². The molecule has 3 heteroatoms. The normalized spacial score (nSPS) is 10.0. The Balaban J connectivity index is 3.20. The minimum Gasteiger partial charge on any atom is -0.318 e. The second-order valence-corrected chi connectivity index (χ2v) is 2.32. The van der Waals surface area contributed by atoms with Gasteiger partial charge in [0.25, 0.3) is 5.56 Å². The molecule has 0 aromatic carbocycles. The van der Waals surface area contributed by atoms with Crippen LogP contribution in [0.5, 0.6) is 0 Å². The Morgan fingerprint density at radius 3 is 3.08 bits per heavy atom. The van der Waals surface area contributed by atoms with Gasteiger partial charge in [-0.25, -0.2) is 4.85 Å². The van der Waals surface area contributed by atoms with Crippen molar-refractivity contribution >= 4 is 6.08 Å². The van der Waals surface area contributed by atoms with Gasteiger partial charge in [0, 0.05) is 18.8 Å². The number of aryl methyl sites for hydroxylation is 1. The van der Waals surface area contributed by atoms with Crippen LogP contribution < -0.4 is 5.56 Å². The summed E-state index contributed by atoms with van der Waals surface area (Å²) < 4.78 is 1.48. The summed E-state index contributed by atoms with van der Waals surface area (Å²) in [5.41, 5.74) is 0.452. The quantitative estimate of drug-likeness (QED) is 0.568. The number of pyridine rings is 1. The van der Waals surface area contributed by atoms with E-state index in [0.29, 0.717) is 5.56 Å². The fraction of sp³-hybridized carbons (Fsp3) is 0.111. The van der Waals surface area contributed by atoms with E-state index < -0.39 is 0 Å². The maximum atomic E-state index is 11.3. The first kappa shape index (κ1) is 8.28. The molecule has 0 spiro atoms. The van der Waals surface area contributed by atoms with Crippen LogP contribution in [0.1, 0.15) is 5.56 Å². The van der Waals surface area contributed by atoms with E-state index in [-0.39, 0.29) is 5.56 Å². The highest BCUT2D eigenvalue weighted by Crippen LogP contribution is 1.93. The van der Waals surface area contributed by atoms with Crippen LogP contribution in [0.25, 0.3) is 10.9 Å². The molecule has 1 rings (SSSR count). The standard InChI is InChI=1S/C9H8N2O/c1-10-6-5-8-4-3-7-11(2)9(8)12/h3-7H,2H3/b6-5-. The molecule has 1 aromatic rings. The van der Waals surface area contributed by atoms with Crippen LogP contribution in [-0.4, -0.2) is 4.57 Å². The van der Waals surface area contributed by atoms with Gasteiger partial charge >= 0.3 is 0 Å². The van der Waals surface area contributed by atoms with Crippen LogP contribution in [0.4, 0.5) is 0 Å². The molecule has 3 nitrogen and oxygen atoms in total. The first-order valence-electron chi connectivity index (χ1n) is 3.44. The monoisotopic (exact) mass is 160 g/mol. The molecule has 0 N–H and O–H groups in total. The topological polar surface area (TPSA) is 26.4 Å². The first-order valence-corrected chi connectivity index (χ1v) is 3.44. The van der Waals surface area contributed by atoms with Crippen molar-refractivity contribution < 1.29 is 0 Å². The number of hydrogen-bond donors (Lipinski definition) is 0. The van der Waals surface area contributed by atoms with Crippen LogP contribution in [0.3, 0.4) is 0 Å². The van der Waals surface area contributed by atoms with E-state index in [1.807, 2.05) is 0 Å². The molecule has 0 radical (unpaired) electrons. The molecule has 0 aliphatic carbocycles. The van der Waals surface area contributed by atoms with Crippen molar-refractivity contribution in [2.24, 2.45) is 7.05 Å². The van der Waals surface area contributed by atoms with Gasteiger partial charge in [-0.05, 0) is 12.1 Å². The van der Waals surface area contributed by atoms with Crippen LogP contribution in [0, 0.1) is 6.57 Å². The van der Waals surface area contributed by atoms with Crippen LogP contribution >= 0.6 is 0 Å². The van der Waals surface area contributed by atoms with Gasteiger partial charge in [-0.3, -0.25) is 4.79 Å². The summed E-state index contributed by atoms with van der Waals surface area (Å²) in [4.78, 5) is 14.3. The Kier molecular flexibility index (Phi) is 2.44. The van der Waals surface area contributed by atoms with Gasteiger partial charge in [0.1, 0.15) is 0 Å². The highest BCUT2D eigenvalue weighted by atomic mass is 16.1. The maximum absolute atomic E-state index is 11.3. The molecule has 0 unspecified atom stereocenters.